The summed E-state index contributed by atoms with van der Waals surface area (Å²) in [6.45, 7) is 6.72. The molecule has 1 atom stereocenters. The molecule has 0 spiro atoms. The summed E-state index contributed by atoms with van der Waals surface area (Å²) in [5.74, 6) is 0.571. The van der Waals surface area contributed by atoms with Gasteiger partial charge in [-0.3, -0.25) is 4.90 Å². The van der Waals surface area contributed by atoms with E-state index in [4.69, 9.17) is 11.0 Å². The molecule has 1 aromatic rings. The molecule has 0 amide bonds. The standard InChI is InChI=1S/C15H23N3/c1-13(2)12-18(10-6-9-16)15(11-17)14-7-4-3-5-8-14/h3-5,7-8,13,15H,6,10-12,17H2,1-2H3. The van der Waals surface area contributed by atoms with Crippen LogP contribution in [0.1, 0.15) is 31.9 Å². The highest BCUT2D eigenvalue weighted by molar-refractivity contribution is 5.19. The SMILES string of the molecule is CC(C)CN(CCC#N)C(CN)c1ccccc1. The number of nitrogens with two attached hydrogens (primary N) is 1. The maximum atomic E-state index is 8.77. The van der Waals surface area contributed by atoms with Crippen molar-refractivity contribution in [3.05, 3.63) is 35.9 Å². The monoisotopic (exact) mass is 245 g/mol. The summed E-state index contributed by atoms with van der Waals surface area (Å²) >= 11 is 0. The largest absolute Gasteiger partial charge is 0.329 e. The summed E-state index contributed by atoms with van der Waals surface area (Å²) in [5.41, 5.74) is 7.16. The average molecular weight is 245 g/mol. The second kappa shape index (κ2) is 7.86. The van der Waals surface area contributed by atoms with Crippen molar-refractivity contribution in [2.45, 2.75) is 26.3 Å². The highest BCUT2D eigenvalue weighted by Crippen LogP contribution is 2.20. The number of hydrogen-bond acceptors (Lipinski definition) is 3. The Kier molecular flexibility index (Phi) is 6.42. The van der Waals surface area contributed by atoms with Crippen molar-refractivity contribution in [1.82, 2.24) is 4.90 Å². The van der Waals surface area contributed by atoms with Gasteiger partial charge < -0.3 is 5.73 Å². The van der Waals surface area contributed by atoms with Crippen LogP contribution in [0.25, 0.3) is 0 Å². The number of rotatable bonds is 7. The summed E-state index contributed by atoms with van der Waals surface area (Å²) in [5, 5.41) is 8.77. The second-order valence-electron chi connectivity index (χ2n) is 4.96. The number of nitrogens with zero attached hydrogens (tertiary/aromatic N) is 2. The Morgan fingerprint density at radius 2 is 1.94 bits per heavy atom. The molecule has 2 N–H and O–H groups in total. The minimum Gasteiger partial charge on any atom is -0.329 e. The third-order valence-corrected chi connectivity index (χ3v) is 2.96. The summed E-state index contributed by atoms with van der Waals surface area (Å²) < 4.78 is 0. The Balaban J connectivity index is 2.83. The molecule has 0 heterocycles. The molecule has 0 aliphatic rings. The molecule has 1 aromatic carbocycles. The molecule has 0 saturated heterocycles. The summed E-state index contributed by atoms with van der Waals surface area (Å²) in [6.07, 6.45) is 0.552. The first-order valence-electron chi connectivity index (χ1n) is 6.55. The van der Waals surface area contributed by atoms with Crippen LogP contribution in [0.5, 0.6) is 0 Å². The van der Waals surface area contributed by atoms with E-state index >= 15 is 0 Å². The molecule has 0 bridgehead atoms. The van der Waals surface area contributed by atoms with E-state index in [2.05, 4.69) is 36.9 Å². The van der Waals surface area contributed by atoms with E-state index in [0.29, 0.717) is 18.9 Å². The molecule has 18 heavy (non-hydrogen) atoms. The van der Waals surface area contributed by atoms with E-state index in [0.717, 1.165) is 13.1 Å². The highest BCUT2D eigenvalue weighted by Gasteiger charge is 2.19. The highest BCUT2D eigenvalue weighted by atomic mass is 15.2. The number of nitriles is 1. The van der Waals surface area contributed by atoms with E-state index in [1.165, 1.54) is 5.56 Å². The molecular formula is C15H23N3. The van der Waals surface area contributed by atoms with Crippen LogP contribution >= 0.6 is 0 Å². The molecule has 0 saturated carbocycles. The molecule has 3 nitrogen and oxygen atoms in total. The molecule has 3 heteroatoms. The first-order chi connectivity index (χ1) is 8.69. The number of hydrogen-bond donors (Lipinski definition) is 1. The van der Waals surface area contributed by atoms with Crippen LogP contribution < -0.4 is 5.73 Å². The Hall–Kier alpha value is -1.37. The molecule has 98 valence electrons. The van der Waals surface area contributed by atoms with Crippen LogP contribution in [0.2, 0.25) is 0 Å². The fraction of sp³-hybridized carbons (Fsp3) is 0.533. The van der Waals surface area contributed by atoms with Gasteiger partial charge in [-0.2, -0.15) is 5.26 Å². The lowest BCUT2D eigenvalue weighted by Gasteiger charge is -2.32. The van der Waals surface area contributed by atoms with E-state index < -0.39 is 0 Å². The van der Waals surface area contributed by atoms with Gasteiger partial charge in [0.1, 0.15) is 0 Å². The zero-order valence-corrected chi connectivity index (χ0v) is 11.3. The van der Waals surface area contributed by atoms with Gasteiger partial charge in [0.05, 0.1) is 6.07 Å². The third kappa shape index (κ3) is 4.48. The van der Waals surface area contributed by atoms with Crippen LogP contribution in [-0.4, -0.2) is 24.5 Å². The fourth-order valence-electron chi connectivity index (χ4n) is 2.21. The van der Waals surface area contributed by atoms with Gasteiger partial charge in [0, 0.05) is 32.1 Å². The minimum atomic E-state index is 0.210. The van der Waals surface area contributed by atoms with Crippen LogP contribution in [0.3, 0.4) is 0 Å². The van der Waals surface area contributed by atoms with Crippen LogP contribution in [0.15, 0.2) is 30.3 Å². The molecule has 0 aliphatic carbocycles. The lowest BCUT2D eigenvalue weighted by atomic mass is 10.0. The first kappa shape index (κ1) is 14.7. The molecule has 1 unspecified atom stereocenters. The predicted molar refractivity (Wildman–Crippen MR) is 74.9 cm³/mol. The first-order valence-corrected chi connectivity index (χ1v) is 6.55. The van der Waals surface area contributed by atoms with Crippen molar-refractivity contribution in [2.75, 3.05) is 19.6 Å². The number of benzene rings is 1. The molecule has 0 aliphatic heterocycles. The minimum absolute atomic E-state index is 0.210. The zero-order valence-electron chi connectivity index (χ0n) is 11.3. The maximum Gasteiger partial charge on any atom is 0.0635 e. The Bertz CT molecular complexity index is 367. The van der Waals surface area contributed by atoms with E-state index in [1.54, 1.807) is 0 Å². The summed E-state index contributed by atoms with van der Waals surface area (Å²) in [7, 11) is 0. The topological polar surface area (TPSA) is 53.0 Å². The van der Waals surface area contributed by atoms with Crippen molar-refractivity contribution in [3.8, 4) is 6.07 Å². The van der Waals surface area contributed by atoms with Gasteiger partial charge in [-0.25, -0.2) is 0 Å². The molecule has 0 radical (unpaired) electrons. The Morgan fingerprint density at radius 1 is 1.28 bits per heavy atom. The van der Waals surface area contributed by atoms with Gasteiger partial charge >= 0.3 is 0 Å². The molecule has 1 rings (SSSR count). The van der Waals surface area contributed by atoms with Gasteiger partial charge in [-0.15, -0.1) is 0 Å². The predicted octanol–water partition coefficient (Wildman–Crippen LogP) is 2.56. The van der Waals surface area contributed by atoms with E-state index in [9.17, 15) is 0 Å². The lowest BCUT2D eigenvalue weighted by Crippen LogP contribution is -2.37. The van der Waals surface area contributed by atoms with Gasteiger partial charge in [0.15, 0.2) is 0 Å². The fourth-order valence-corrected chi connectivity index (χ4v) is 2.21. The molecular weight excluding hydrogens is 222 g/mol. The normalized spacial score (nSPS) is 12.7. The molecule has 0 fully saturated rings. The summed E-state index contributed by atoms with van der Waals surface area (Å²) in [6, 6.07) is 12.7. The summed E-state index contributed by atoms with van der Waals surface area (Å²) in [4.78, 5) is 2.32. The average Bonchev–Trinajstić information content (AvgIpc) is 2.37. The van der Waals surface area contributed by atoms with Gasteiger partial charge in [0.2, 0.25) is 0 Å². The third-order valence-electron chi connectivity index (χ3n) is 2.96. The van der Waals surface area contributed by atoms with Crippen molar-refractivity contribution in [3.63, 3.8) is 0 Å². The van der Waals surface area contributed by atoms with E-state index in [1.807, 2.05) is 18.2 Å². The zero-order chi connectivity index (χ0) is 13.4. The van der Waals surface area contributed by atoms with Gasteiger partial charge in [-0.05, 0) is 11.5 Å². The van der Waals surface area contributed by atoms with Crippen LogP contribution in [-0.2, 0) is 0 Å². The van der Waals surface area contributed by atoms with E-state index in [-0.39, 0.29) is 6.04 Å². The quantitative estimate of drug-likeness (QED) is 0.803. The van der Waals surface area contributed by atoms with Crippen molar-refractivity contribution in [2.24, 2.45) is 11.7 Å². The maximum absolute atomic E-state index is 8.77. The lowest BCUT2D eigenvalue weighted by molar-refractivity contribution is 0.183. The van der Waals surface area contributed by atoms with Crippen LogP contribution in [0, 0.1) is 17.2 Å². The molecule has 0 aromatic heterocycles. The Labute approximate surface area is 110 Å². The Morgan fingerprint density at radius 3 is 2.44 bits per heavy atom. The van der Waals surface area contributed by atoms with Crippen molar-refractivity contribution < 1.29 is 0 Å². The smallest absolute Gasteiger partial charge is 0.0635 e. The van der Waals surface area contributed by atoms with Gasteiger partial charge in [-0.1, -0.05) is 44.2 Å². The second-order valence-corrected chi connectivity index (χ2v) is 4.96. The van der Waals surface area contributed by atoms with Crippen molar-refractivity contribution in [1.29, 1.82) is 5.26 Å². The van der Waals surface area contributed by atoms with Crippen molar-refractivity contribution >= 4 is 0 Å². The van der Waals surface area contributed by atoms with Gasteiger partial charge in [0.25, 0.3) is 0 Å². The van der Waals surface area contributed by atoms with Crippen LogP contribution in [0.4, 0.5) is 0 Å².